The highest BCUT2D eigenvalue weighted by Gasteiger charge is 2.19. The number of carbonyl (C=O) groups excluding carboxylic acids is 2. The largest absolute Gasteiger partial charge is 0.465 e. The van der Waals surface area contributed by atoms with E-state index in [-0.39, 0.29) is 5.78 Å². The first-order chi connectivity index (χ1) is 9.54. The molecule has 0 aliphatic heterocycles. The molecule has 2 aromatic rings. The fourth-order valence-corrected chi connectivity index (χ4v) is 2.18. The minimum Gasteiger partial charge on any atom is -0.465 e. The first-order valence-corrected chi connectivity index (χ1v) is 6.34. The lowest BCUT2D eigenvalue weighted by molar-refractivity contribution is 0.0597. The predicted octanol–water partition coefficient (Wildman–Crippen LogP) is 3.32. The van der Waals surface area contributed by atoms with Crippen molar-refractivity contribution in [3.05, 3.63) is 70.3 Å². The minimum atomic E-state index is -0.501. The summed E-state index contributed by atoms with van der Waals surface area (Å²) in [6.07, 6.45) is 0. The lowest BCUT2D eigenvalue weighted by Gasteiger charge is -2.09. The normalized spacial score (nSPS) is 10.2. The molecule has 0 heterocycles. The number of methoxy groups -OCH3 is 1. The van der Waals surface area contributed by atoms with Crippen LogP contribution < -0.4 is 0 Å². The average Bonchev–Trinajstić information content (AvgIpc) is 2.46. The fourth-order valence-electron chi connectivity index (χ4n) is 2.18. The van der Waals surface area contributed by atoms with E-state index in [2.05, 4.69) is 0 Å². The molecule has 0 atom stereocenters. The van der Waals surface area contributed by atoms with Crippen molar-refractivity contribution < 1.29 is 14.3 Å². The Labute approximate surface area is 118 Å². The summed E-state index contributed by atoms with van der Waals surface area (Å²) in [6.45, 7) is 3.87. The summed E-state index contributed by atoms with van der Waals surface area (Å²) >= 11 is 0. The van der Waals surface area contributed by atoms with Crippen molar-refractivity contribution in [1.82, 2.24) is 0 Å². The number of hydrogen-bond acceptors (Lipinski definition) is 3. The third kappa shape index (κ3) is 2.62. The zero-order valence-electron chi connectivity index (χ0n) is 11.8. The van der Waals surface area contributed by atoms with Crippen molar-refractivity contribution in [2.24, 2.45) is 0 Å². The number of ketones is 1. The van der Waals surface area contributed by atoms with Crippen LogP contribution in [0.2, 0.25) is 0 Å². The molecule has 102 valence electrons. The Hall–Kier alpha value is -2.42. The van der Waals surface area contributed by atoms with Gasteiger partial charge in [-0.05, 0) is 25.5 Å². The number of carbonyl (C=O) groups is 2. The molecule has 2 rings (SSSR count). The quantitative estimate of drug-likeness (QED) is 0.633. The number of benzene rings is 2. The molecule has 20 heavy (non-hydrogen) atoms. The Morgan fingerprint density at radius 3 is 2.15 bits per heavy atom. The van der Waals surface area contributed by atoms with Gasteiger partial charge in [0.25, 0.3) is 0 Å². The highest BCUT2D eigenvalue weighted by molar-refractivity contribution is 6.15. The van der Waals surface area contributed by atoms with Gasteiger partial charge in [0.05, 0.1) is 12.7 Å². The van der Waals surface area contributed by atoms with E-state index in [1.54, 1.807) is 30.3 Å². The van der Waals surface area contributed by atoms with E-state index in [0.717, 1.165) is 11.1 Å². The highest BCUT2D eigenvalue weighted by atomic mass is 16.5. The van der Waals surface area contributed by atoms with Crippen LogP contribution in [0.3, 0.4) is 0 Å². The van der Waals surface area contributed by atoms with Crippen molar-refractivity contribution >= 4 is 11.8 Å². The number of esters is 1. The summed E-state index contributed by atoms with van der Waals surface area (Å²) in [6, 6.07) is 12.3. The molecule has 3 nitrogen and oxygen atoms in total. The Bertz CT molecular complexity index is 672. The molecule has 0 saturated heterocycles. The van der Waals surface area contributed by atoms with E-state index in [0.29, 0.717) is 16.7 Å². The Kier molecular flexibility index (Phi) is 3.99. The van der Waals surface area contributed by atoms with E-state index < -0.39 is 5.97 Å². The van der Waals surface area contributed by atoms with Gasteiger partial charge in [0.15, 0.2) is 5.78 Å². The van der Waals surface area contributed by atoms with Crippen molar-refractivity contribution in [3.8, 4) is 0 Å². The Balaban J connectivity index is 2.51. The highest BCUT2D eigenvalue weighted by Crippen LogP contribution is 2.19. The maximum absolute atomic E-state index is 12.6. The molecule has 0 radical (unpaired) electrons. The molecule has 0 saturated carbocycles. The van der Waals surface area contributed by atoms with Gasteiger partial charge in [-0.1, -0.05) is 42.0 Å². The van der Waals surface area contributed by atoms with Gasteiger partial charge in [-0.25, -0.2) is 4.79 Å². The third-order valence-electron chi connectivity index (χ3n) is 3.20. The van der Waals surface area contributed by atoms with E-state index in [1.165, 1.54) is 7.11 Å². The fraction of sp³-hybridized carbons (Fsp3) is 0.176. The summed E-state index contributed by atoms with van der Waals surface area (Å²) in [5, 5.41) is 0. The van der Waals surface area contributed by atoms with E-state index in [9.17, 15) is 9.59 Å². The predicted molar refractivity (Wildman–Crippen MR) is 77.1 cm³/mol. The molecule has 2 aromatic carbocycles. The first-order valence-electron chi connectivity index (χ1n) is 6.34. The van der Waals surface area contributed by atoms with Crippen LogP contribution >= 0.6 is 0 Å². The molecule has 0 unspecified atom stereocenters. The zero-order chi connectivity index (χ0) is 14.7. The topological polar surface area (TPSA) is 43.4 Å². The second-order valence-corrected chi connectivity index (χ2v) is 4.68. The van der Waals surface area contributed by atoms with Gasteiger partial charge in [-0.2, -0.15) is 0 Å². The van der Waals surface area contributed by atoms with Crippen LogP contribution in [-0.4, -0.2) is 18.9 Å². The van der Waals surface area contributed by atoms with Crippen LogP contribution in [-0.2, 0) is 4.74 Å². The Morgan fingerprint density at radius 2 is 1.55 bits per heavy atom. The molecule has 0 aliphatic rings. The van der Waals surface area contributed by atoms with Crippen LogP contribution in [0.4, 0.5) is 0 Å². The summed E-state index contributed by atoms with van der Waals surface area (Å²) in [5.41, 5.74) is 3.26. The smallest absolute Gasteiger partial charge is 0.338 e. The number of hydrogen-bond donors (Lipinski definition) is 0. The van der Waals surface area contributed by atoms with Crippen molar-refractivity contribution in [3.63, 3.8) is 0 Å². The van der Waals surface area contributed by atoms with Gasteiger partial charge in [0.1, 0.15) is 0 Å². The average molecular weight is 268 g/mol. The molecule has 0 aromatic heterocycles. The number of rotatable bonds is 3. The molecule has 0 bridgehead atoms. The van der Waals surface area contributed by atoms with Gasteiger partial charge in [-0.3, -0.25) is 4.79 Å². The van der Waals surface area contributed by atoms with Crippen molar-refractivity contribution in [2.45, 2.75) is 13.8 Å². The maximum Gasteiger partial charge on any atom is 0.338 e. The molecular formula is C17H16O3. The second-order valence-electron chi connectivity index (χ2n) is 4.68. The summed E-state index contributed by atoms with van der Waals surface area (Å²) in [5.74, 6) is -0.665. The Morgan fingerprint density at radius 1 is 0.900 bits per heavy atom. The first kappa shape index (κ1) is 14.0. The summed E-state index contributed by atoms with van der Waals surface area (Å²) in [7, 11) is 1.31. The van der Waals surface area contributed by atoms with Gasteiger partial charge in [-0.15, -0.1) is 0 Å². The molecule has 0 N–H and O–H groups in total. The van der Waals surface area contributed by atoms with E-state index >= 15 is 0 Å². The van der Waals surface area contributed by atoms with E-state index in [1.807, 2.05) is 26.0 Å². The van der Waals surface area contributed by atoms with Gasteiger partial charge < -0.3 is 4.74 Å². The zero-order valence-corrected chi connectivity index (χ0v) is 11.8. The summed E-state index contributed by atoms with van der Waals surface area (Å²) < 4.78 is 4.72. The number of ether oxygens (including phenoxy) is 1. The standard InChI is InChI=1S/C17H16O3/c1-11-8-9-13(12(2)10-11)16(18)14-6-4-5-7-15(14)17(19)20-3/h4-10H,1-3H3. The molecule has 0 spiro atoms. The van der Waals surface area contributed by atoms with Crippen LogP contribution in [0.25, 0.3) is 0 Å². The second kappa shape index (κ2) is 5.70. The van der Waals surface area contributed by atoms with Gasteiger partial charge >= 0.3 is 5.97 Å². The molecule has 0 amide bonds. The summed E-state index contributed by atoms with van der Waals surface area (Å²) in [4.78, 5) is 24.3. The lowest BCUT2D eigenvalue weighted by atomic mass is 9.94. The van der Waals surface area contributed by atoms with Gasteiger partial charge in [0, 0.05) is 11.1 Å². The third-order valence-corrected chi connectivity index (χ3v) is 3.20. The van der Waals surface area contributed by atoms with Crippen molar-refractivity contribution in [1.29, 1.82) is 0 Å². The van der Waals surface area contributed by atoms with Crippen LogP contribution in [0.5, 0.6) is 0 Å². The van der Waals surface area contributed by atoms with Gasteiger partial charge in [0.2, 0.25) is 0 Å². The minimum absolute atomic E-state index is 0.163. The molecule has 3 heteroatoms. The monoisotopic (exact) mass is 268 g/mol. The van der Waals surface area contributed by atoms with Crippen LogP contribution in [0.15, 0.2) is 42.5 Å². The number of aryl methyl sites for hydroxylation is 2. The van der Waals surface area contributed by atoms with Crippen LogP contribution in [0.1, 0.15) is 37.4 Å². The van der Waals surface area contributed by atoms with Crippen molar-refractivity contribution in [2.75, 3.05) is 7.11 Å². The lowest BCUT2D eigenvalue weighted by Crippen LogP contribution is -2.12. The van der Waals surface area contributed by atoms with Crippen LogP contribution in [0, 0.1) is 13.8 Å². The maximum atomic E-state index is 12.6. The SMILES string of the molecule is COC(=O)c1ccccc1C(=O)c1ccc(C)cc1C. The molecular weight excluding hydrogens is 252 g/mol. The molecule has 0 aliphatic carbocycles. The van der Waals surface area contributed by atoms with E-state index in [4.69, 9.17) is 4.74 Å². The molecule has 0 fully saturated rings.